The molecule has 2 N–H and O–H groups in total. The molecule has 2 aliphatic rings. The Bertz CT molecular complexity index is 1190. The lowest BCUT2D eigenvalue weighted by Gasteiger charge is -2.25. The van der Waals surface area contributed by atoms with Gasteiger partial charge in [0.05, 0.1) is 16.4 Å². The van der Waals surface area contributed by atoms with Crippen molar-refractivity contribution in [2.45, 2.75) is 25.4 Å². The summed E-state index contributed by atoms with van der Waals surface area (Å²) in [6.45, 7) is 2.77. The summed E-state index contributed by atoms with van der Waals surface area (Å²) in [7, 11) is 0. The third kappa shape index (κ3) is 3.32. The van der Waals surface area contributed by atoms with Gasteiger partial charge in [-0.2, -0.15) is 0 Å². The Labute approximate surface area is 178 Å². The van der Waals surface area contributed by atoms with Gasteiger partial charge in [0.15, 0.2) is 0 Å². The summed E-state index contributed by atoms with van der Waals surface area (Å²) in [5.41, 5.74) is 3.82. The first-order chi connectivity index (χ1) is 14.6. The second kappa shape index (κ2) is 7.70. The maximum absolute atomic E-state index is 12.8. The van der Waals surface area contributed by atoms with Gasteiger partial charge in [-0.1, -0.05) is 24.3 Å². The number of carbonyl (C=O) groups excluding carboxylic acids is 1. The van der Waals surface area contributed by atoms with Gasteiger partial charge in [-0.15, -0.1) is 11.8 Å². The number of aliphatic hydroxyl groups is 1. The van der Waals surface area contributed by atoms with E-state index in [1.54, 1.807) is 6.21 Å². The van der Waals surface area contributed by atoms with Crippen LogP contribution < -0.4 is 4.90 Å². The van der Waals surface area contributed by atoms with Crippen molar-refractivity contribution in [1.29, 1.82) is 0 Å². The molecule has 0 fully saturated rings. The Morgan fingerprint density at radius 2 is 2.17 bits per heavy atom. The van der Waals surface area contributed by atoms with E-state index in [-0.39, 0.29) is 11.8 Å². The number of H-pyrrole nitrogens is 1. The van der Waals surface area contributed by atoms with Crippen molar-refractivity contribution >= 4 is 40.7 Å². The van der Waals surface area contributed by atoms with Crippen LogP contribution in [0.1, 0.15) is 35.1 Å². The first-order valence-electron chi connectivity index (χ1n) is 9.87. The van der Waals surface area contributed by atoms with Gasteiger partial charge in [0.2, 0.25) is 0 Å². The SMILES string of the molecule is Cc1c[nH]c2ncnc(N3C=C(C(=O)N=CC4C[C@H](O)c5ccccc54)SCC3)c12. The standard InChI is InChI=1S/C22H21N5O2S/c1-13-9-23-20-19(13)21(26-12-25-20)27-6-7-30-18(11-27)22(29)24-10-14-8-17(28)16-5-3-2-4-15(14)16/h2-5,9-12,14,17,28H,6-8H2,1H3,(H,23,25,26)/t14?,17-/m0/s1. The van der Waals surface area contributed by atoms with Crippen molar-refractivity contribution in [1.82, 2.24) is 15.0 Å². The average molecular weight is 420 g/mol. The molecule has 2 aromatic heterocycles. The Balaban J connectivity index is 1.39. The smallest absolute Gasteiger partial charge is 0.284 e. The van der Waals surface area contributed by atoms with E-state index in [9.17, 15) is 9.90 Å². The molecule has 3 aromatic rings. The van der Waals surface area contributed by atoms with Gasteiger partial charge in [-0.3, -0.25) is 4.79 Å². The van der Waals surface area contributed by atoms with Crippen molar-refractivity contribution in [3.63, 3.8) is 0 Å². The van der Waals surface area contributed by atoms with Crippen molar-refractivity contribution in [3.05, 3.63) is 64.6 Å². The lowest BCUT2D eigenvalue weighted by atomic mass is 10.0. The summed E-state index contributed by atoms with van der Waals surface area (Å²) in [6, 6.07) is 7.78. The van der Waals surface area contributed by atoms with Crippen LogP contribution in [0, 0.1) is 6.92 Å². The van der Waals surface area contributed by atoms with Gasteiger partial charge >= 0.3 is 0 Å². The number of hydrogen-bond acceptors (Lipinski definition) is 6. The summed E-state index contributed by atoms with van der Waals surface area (Å²) >= 11 is 1.51. The molecule has 2 atom stereocenters. The number of nitrogens with one attached hydrogen (secondary N) is 1. The Hall–Kier alpha value is -2.97. The molecule has 0 saturated heterocycles. The minimum absolute atomic E-state index is 0.0468. The molecule has 1 aliphatic carbocycles. The van der Waals surface area contributed by atoms with Crippen LogP contribution >= 0.6 is 11.8 Å². The first-order valence-corrected chi connectivity index (χ1v) is 10.9. The molecule has 152 valence electrons. The molecule has 5 rings (SSSR count). The maximum Gasteiger partial charge on any atom is 0.284 e. The van der Waals surface area contributed by atoms with E-state index in [1.807, 2.05) is 48.5 Å². The van der Waals surface area contributed by atoms with Crippen LogP contribution in [0.25, 0.3) is 11.0 Å². The fourth-order valence-corrected chi connectivity index (χ4v) is 4.99. The number of aryl methyl sites for hydroxylation is 1. The van der Waals surface area contributed by atoms with E-state index in [0.29, 0.717) is 11.3 Å². The third-order valence-electron chi connectivity index (χ3n) is 5.60. The molecule has 30 heavy (non-hydrogen) atoms. The number of carbonyl (C=O) groups is 1. The van der Waals surface area contributed by atoms with Crippen LogP contribution in [0.15, 0.2) is 52.9 Å². The molecule has 0 saturated carbocycles. The Kier molecular flexibility index (Phi) is 4.88. The summed E-state index contributed by atoms with van der Waals surface area (Å²) in [6.07, 6.45) is 7.01. The predicted molar refractivity (Wildman–Crippen MR) is 119 cm³/mol. The molecule has 1 unspecified atom stereocenters. The van der Waals surface area contributed by atoms with E-state index in [0.717, 1.165) is 45.8 Å². The molecule has 8 heteroatoms. The molecular formula is C22H21N5O2S. The van der Waals surface area contributed by atoms with Gasteiger partial charge in [-0.25, -0.2) is 15.0 Å². The fourth-order valence-electron chi connectivity index (χ4n) is 4.11. The predicted octanol–water partition coefficient (Wildman–Crippen LogP) is 3.48. The highest BCUT2D eigenvalue weighted by Gasteiger charge is 2.28. The van der Waals surface area contributed by atoms with Crippen LogP contribution in [0.3, 0.4) is 0 Å². The zero-order valence-corrected chi connectivity index (χ0v) is 17.3. The monoisotopic (exact) mass is 419 g/mol. The van der Waals surface area contributed by atoms with Crippen LogP contribution in [-0.2, 0) is 4.79 Å². The number of aliphatic hydroxyl groups excluding tert-OH is 1. The number of aromatic amines is 1. The Morgan fingerprint density at radius 1 is 1.33 bits per heavy atom. The van der Waals surface area contributed by atoms with Gasteiger partial charge in [-0.05, 0) is 30.0 Å². The van der Waals surface area contributed by atoms with Gasteiger partial charge in [0, 0.05) is 36.8 Å². The molecule has 0 bridgehead atoms. The lowest BCUT2D eigenvalue weighted by Crippen LogP contribution is -2.26. The lowest BCUT2D eigenvalue weighted by molar-refractivity contribution is -0.113. The molecule has 1 aromatic carbocycles. The molecule has 0 spiro atoms. The van der Waals surface area contributed by atoms with E-state index in [1.165, 1.54) is 18.1 Å². The number of thioether (sulfide) groups is 1. The minimum Gasteiger partial charge on any atom is -0.388 e. The number of anilines is 1. The van der Waals surface area contributed by atoms with E-state index < -0.39 is 6.10 Å². The van der Waals surface area contributed by atoms with Crippen LogP contribution in [0.4, 0.5) is 5.82 Å². The summed E-state index contributed by atoms with van der Waals surface area (Å²) < 4.78 is 0. The highest BCUT2D eigenvalue weighted by atomic mass is 32.2. The van der Waals surface area contributed by atoms with Gasteiger partial charge in [0.25, 0.3) is 5.91 Å². The zero-order chi connectivity index (χ0) is 20.7. The number of hydrogen-bond donors (Lipinski definition) is 2. The topological polar surface area (TPSA) is 94.5 Å². The number of rotatable bonds is 3. The Morgan fingerprint density at radius 3 is 3.03 bits per heavy atom. The molecule has 0 radical (unpaired) electrons. The van der Waals surface area contributed by atoms with Crippen molar-refractivity contribution in [2.24, 2.45) is 4.99 Å². The van der Waals surface area contributed by atoms with E-state index in [2.05, 4.69) is 19.9 Å². The number of nitrogens with zero attached hydrogens (tertiary/aromatic N) is 4. The maximum atomic E-state index is 12.8. The van der Waals surface area contributed by atoms with Crippen molar-refractivity contribution < 1.29 is 9.90 Å². The molecule has 3 heterocycles. The zero-order valence-electron chi connectivity index (χ0n) is 16.4. The summed E-state index contributed by atoms with van der Waals surface area (Å²) in [4.78, 5) is 31.5. The third-order valence-corrected chi connectivity index (χ3v) is 6.57. The quantitative estimate of drug-likeness (QED) is 0.631. The van der Waals surface area contributed by atoms with Crippen LogP contribution in [0.2, 0.25) is 0 Å². The average Bonchev–Trinajstić information content (AvgIpc) is 3.32. The van der Waals surface area contributed by atoms with Gasteiger partial charge in [0.1, 0.15) is 17.8 Å². The van der Waals surface area contributed by atoms with E-state index >= 15 is 0 Å². The highest BCUT2D eigenvalue weighted by Crippen LogP contribution is 2.39. The molecule has 1 amide bonds. The normalized spacial score (nSPS) is 21.3. The van der Waals surface area contributed by atoms with Crippen LogP contribution in [0.5, 0.6) is 0 Å². The van der Waals surface area contributed by atoms with E-state index in [4.69, 9.17) is 0 Å². The fraction of sp³-hybridized carbons (Fsp3) is 0.273. The van der Waals surface area contributed by atoms with Crippen LogP contribution in [-0.4, -0.2) is 44.5 Å². The summed E-state index contributed by atoms with van der Waals surface area (Å²) in [5.74, 6) is 1.25. The largest absolute Gasteiger partial charge is 0.388 e. The van der Waals surface area contributed by atoms with Gasteiger partial charge < -0.3 is 15.0 Å². The molecular weight excluding hydrogens is 398 g/mol. The number of aromatic nitrogens is 3. The summed E-state index contributed by atoms with van der Waals surface area (Å²) in [5, 5.41) is 11.2. The second-order valence-electron chi connectivity index (χ2n) is 7.50. The minimum atomic E-state index is -0.503. The molecule has 7 nitrogen and oxygen atoms in total. The number of amides is 1. The van der Waals surface area contributed by atoms with Crippen molar-refractivity contribution in [3.8, 4) is 0 Å². The highest BCUT2D eigenvalue weighted by molar-refractivity contribution is 8.04. The second-order valence-corrected chi connectivity index (χ2v) is 8.63. The number of aliphatic imine (C=N–C) groups is 1. The first kappa shape index (κ1) is 19.0. The number of benzene rings is 1. The van der Waals surface area contributed by atoms with Crippen molar-refractivity contribution in [2.75, 3.05) is 17.2 Å². The number of fused-ring (bicyclic) bond motifs is 2. The molecule has 1 aliphatic heterocycles.